The van der Waals surface area contributed by atoms with E-state index in [9.17, 15) is 4.79 Å². The Morgan fingerprint density at radius 3 is 2.67 bits per heavy atom. The van der Waals surface area contributed by atoms with Crippen molar-refractivity contribution in [3.05, 3.63) is 71.3 Å². The Morgan fingerprint density at radius 2 is 1.94 bits per heavy atom. The van der Waals surface area contributed by atoms with E-state index in [2.05, 4.69) is 20.3 Å². The number of hydrogen-bond acceptors (Lipinski definition) is 7. The zero-order valence-corrected chi connectivity index (χ0v) is 19.2. The maximum absolute atomic E-state index is 12.7. The molecule has 172 valence electrons. The highest BCUT2D eigenvalue weighted by Crippen LogP contribution is 2.23. The molecule has 1 saturated heterocycles. The number of hydrogen-bond donors (Lipinski definition) is 1. The second-order valence-corrected chi connectivity index (χ2v) is 8.13. The molecular weight excluding hydrogens is 418 g/mol. The number of anilines is 2. The minimum Gasteiger partial charge on any atom is -0.493 e. The second-order valence-electron chi connectivity index (χ2n) is 8.13. The lowest BCUT2D eigenvalue weighted by Crippen LogP contribution is -2.42. The molecule has 3 aromatic rings. The van der Waals surface area contributed by atoms with Gasteiger partial charge in [0, 0.05) is 17.9 Å². The smallest absolute Gasteiger partial charge is 0.227 e. The molecule has 1 aliphatic rings. The number of carbonyl (C=O) groups is 1. The maximum atomic E-state index is 12.7. The fourth-order valence-corrected chi connectivity index (χ4v) is 3.76. The van der Waals surface area contributed by atoms with Crippen LogP contribution in [0, 0.1) is 20.8 Å². The SMILES string of the molecule is Cc1cc(C)nc(Nc2ccc([C@H]3CN(C(=O)CCOc4ccccc4C)CCO3)nc2)n1. The predicted molar refractivity (Wildman–Crippen MR) is 126 cm³/mol. The highest BCUT2D eigenvalue weighted by molar-refractivity contribution is 5.76. The normalized spacial score (nSPS) is 15.8. The molecule has 0 unspecified atom stereocenters. The number of aryl methyl sites for hydroxylation is 3. The van der Waals surface area contributed by atoms with E-state index in [-0.39, 0.29) is 12.0 Å². The predicted octanol–water partition coefficient (Wildman–Crippen LogP) is 3.91. The first-order valence-electron chi connectivity index (χ1n) is 11.1. The molecule has 0 spiro atoms. The molecule has 2 aromatic heterocycles. The molecule has 3 heterocycles. The summed E-state index contributed by atoms with van der Waals surface area (Å²) in [6.45, 7) is 7.74. The molecule has 0 bridgehead atoms. The first-order chi connectivity index (χ1) is 16.0. The van der Waals surface area contributed by atoms with Crippen LogP contribution in [0.5, 0.6) is 5.75 Å². The number of morpholine rings is 1. The number of ether oxygens (including phenoxy) is 2. The van der Waals surface area contributed by atoms with Crippen molar-refractivity contribution in [2.24, 2.45) is 0 Å². The van der Waals surface area contributed by atoms with E-state index in [1.165, 1.54) is 0 Å². The van der Waals surface area contributed by atoms with E-state index < -0.39 is 0 Å². The Bertz CT molecular complexity index is 1080. The van der Waals surface area contributed by atoms with Gasteiger partial charge in [-0.15, -0.1) is 0 Å². The Labute approximate surface area is 194 Å². The van der Waals surface area contributed by atoms with Gasteiger partial charge in [0.05, 0.1) is 43.8 Å². The Balaban J connectivity index is 1.31. The van der Waals surface area contributed by atoms with E-state index in [1.807, 2.05) is 68.1 Å². The van der Waals surface area contributed by atoms with E-state index >= 15 is 0 Å². The van der Waals surface area contributed by atoms with Gasteiger partial charge in [-0.05, 0) is 50.6 Å². The summed E-state index contributed by atoms with van der Waals surface area (Å²) in [6, 6.07) is 13.6. The monoisotopic (exact) mass is 447 g/mol. The van der Waals surface area contributed by atoms with Gasteiger partial charge in [-0.25, -0.2) is 9.97 Å². The van der Waals surface area contributed by atoms with Gasteiger partial charge >= 0.3 is 0 Å². The van der Waals surface area contributed by atoms with Gasteiger partial charge in [-0.2, -0.15) is 0 Å². The van der Waals surface area contributed by atoms with Crippen molar-refractivity contribution in [3.8, 4) is 5.75 Å². The molecule has 1 aromatic carbocycles. The topological polar surface area (TPSA) is 89.5 Å². The van der Waals surface area contributed by atoms with Crippen molar-refractivity contribution in [3.63, 3.8) is 0 Å². The third kappa shape index (κ3) is 6.04. The van der Waals surface area contributed by atoms with Crippen LogP contribution in [0.2, 0.25) is 0 Å². The minimum atomic E-state index is -0.258. The maximum Gasteiger partial charge on any atom is 0.227 e. The summed E-state index contributed by atoms with van der Waals surface area (Å²) in [7, 11) is 0. The molecule has 1 aliphatic heterocycles. The van der Waals surface area contributed by atoms with Crippen LogP contribution in [0.3, 0.4) is 0 Å². The largest absolute Gasteiger partial charge is 0.493 e. The van der Waals surface area contributed by atoms with Gasteiger partial charge in [-0.1, -0.05) is 18.2 Å². The number of para-hydroxylation sites is 1. The minimum absolute atomic E-state index is 0.0575. The molecule has 1 amide bonds. The number of amides is 1. The lowest BCUT2D eigenvalue weighted by Gasteiger charge is -2.32. The summed E-state index contributed by atoms with van der Waals surface area (Å²) in [5.74, 6) is 1.41. The van der Waals surface area contributed by atoms with E-state index in [0.717, 1.165) is 34.1 Å². The molecule has 1 N–H and O–H groups in total. The lowest BCUT2D eigenvalue weighted by atomic mass is 10.1. The standard InChI is InChI=1S/C25H29N5O3/c1-17-6-4-5-7-22(17)32-12-10-24(31)30-11-13-33-23(16-30)21-9-8-20(15-26-21)29-25-27-18(2)14-19(3)28-25/h4-9,14-15,23H,10-13,16H2,1-3H3,(H,27,28,29)/t23-/m1/s1. The van der Waals surface area contributed by atoms with Crippen molar-refractivity contribution < 1.29 is 14.3 Å². The zero-order valence-electron chi connectivity index (χ0n) is 19.2. The van der Waals surface area contributed by atoms with Crippen molar-refractivity contribution in [1.82, 2.24) is 19.9 Å². The molecule has 0 saturated carbocycles. The summed E-state index contributed by atoms with van der Waals surface area (Å²) < 4.78 is 11.7. The third-order valence-electron chi connectivity index (χ3n) is 5.44. The molecule has 0 radical (unpaired) electrons. The molecule has 1 atom stereocenters. The van der Waals surface area contributed by atoms with Crippen molar-refractivity contribution in [1.29, 1.82) is 0 Å². The number of rotatable bonds is 7. The Hall–Kier alpha value is -3.52. The Morgan fingerprint density at radius 1 is 1.15 bits per heavy atom. The second kappa shape index (κ2) is 10.4. The summed E-state index contributed by atoms with van der Waals surface area (Å²) in [6.07, 6.45) is 1.80. The Kier molecular flexibility index (Phi) is 7.14. The highest BCUT2D eigenvalue weighted by Gasteiger charge is 2.26. The van der Waals surface area contributed by atoms with Gasteiger partial charge in [-0.3, -0.25) is 9.78 Å². The molecule has 1 fully saturated rings. The summed E-state index contributed by atoms with van der Waals surface area (Å²) >= 11 is 0. The van der Waals surface area contributed by atoms with Crippen LogP contribution in [0.25, 0.3) is 0 Å². The average molecular weight is 448 g/mol. The van der Waals surface area contributed by atoms with Crippen LogP contribution in [-0.2, 0) is 9.53 Å². The average Bonchev–Trinajstić information content (AvgIpc) is 2.80. The first kappa shape index (κ1) is 22.7. The third-order valence-corrected chi connectivity index (χ3v) is 5.44. The van der Waals surface area contributed by atoms with Crippen LogP contribution >= 0.6 is 0 Å². The summed E-state index contributed by atoms with van der Waals surface area (Å²) in [5, 5.41) is 3.18. The van der Waals surface area contributed by atoms with Crippen molar-refractivity contribution >= 4 is 17.5 Å². The van der Waals surface area contributed by atoms with Crippen LogP contribution in [0.15, 0.2) is 48.7 Å². The first-order valence-corrected chi connectivity index (χ1v) is 11.1. The zero-order chi connectivity index (χ0) is 23.2. The van der Waals surface area contributed by atoms with Crippen LogP contribution in [0.1, 0.15) is 35.2 Å². The van der Waals surface area contributed by atoms with Gasteiger partial charge in [0.25, 0.3) is 0 Å². The van der Waals surface area contributed by atoms with E-state index in [4.69, 9.17) is 9.47 Å². The number of carbonyl (C=O) groups excluding carboxylic acids is 1. The number of aromatic nitrogens is 3. The van der Waals surface area contributed by atoms with Crippen molar-refractivity contribution in [2.45, 2.75) is 33.3 Å². The van der Waals surface area contributed by atoms with Crippen LogP contribution < -0.4 is 10.1 Å². The molecule has 33 heavy (non-hydrogen) atoms. The fourth-order valence-electron chi connectivity index (χ4n) is 3.76. The van der Waals surface area contributed by atoms with Gasteiger partial charge in [0.1, 0.15) is 11.9 Å². The van der Waals surface area contributed by atoms with Gasteiger partial charge in [0.15, 0.2) is 0 Å². The molecule has 8 nitrogen and oxygen atoms in total. The summed E-state index contributed by atoms with van der Waals surface area (Å²) in [4.78, 5) is 27.9. The van der Waals surface area contributed by atoms with E-state index in [1.54, 1.807) is 6.20 Å². The fraction of sp³-hybridized carbons (Fsp3) is 0.360. The summed E-state index contributed by atoms with van der Waals surface area (Å²) in [5.41, 5.74) is 4.44. The molecule has 0 aliphatic carbocycles. The van der Waals surface area contributed by atoms with E-state index in [0.29, 0.717) is 38.7 Å². The van der Waals surface area contributed by atoms with Gasteiger partial charge < -0.3 is 19.7 Å². The molecule has 4 rings (SSSR count). The van der Waals surface area contributed by atoms with Crippen LogP contribution in [-0.4, -0.2) is 52.1 Å². The van der Waals surface area contributed by atoms with Crippen LogP contribution in [0.4, 0.5) is 11.6 Å². The molecule has 8 heteroatoms. The van der Waals surface area contributed by atoms with Gasteiger partial charge in [0.2, 0.25) is 11.9 Å². The highest BCUT2D eigenvalue weighted by atomic mass is 16.5. The number of nitrogens with one attached hydrogen (secondary N) is 1. The number of pyridine rings is 1. The number of nitrogens with zero attached hydrogens (tertiary/aromatic N) is 4. The quantitative estimate of drug-likeness (QED) is 0.587. The lowest BCUT2D eigenvalue weighted by molar-refractivity contribution is -0.139. The number of benzene rings is 1. The molecular formula is C25H29N5O3. The van der Waals surface area contributed by atoms with Crippen molar-refractivity contribution in [2.75, 3.05) is 31.6 Å².